The van der Waals surface area contributed by atoms with Gasteiger partial charge in [-0.3, -0.25) is 0 Å². The van der Waals surface area contributed by atoms with Crippen molar-refractivity contribution in [3.05, 3.63) is 28.8 Å². The summed E-state index contributed by atoms with van der Waals surface area (Å²) in [7, 11) is 0. The lowest BCUT2D eigenvalue weighted by atomic mass is 10.2. The lowest BCUT2D eigenvalue weighted by molar-refractivity contribution is 0.0693. The van der Waals surface area contributed by atoms with Crippen LogP contribution in [0, 0.1) is 6.07 Å². The molecule has 0 saturated heterocycles. The van der Waals surface area contributed by atoms with E-state index in [0.717, 1.165) is 6.07 Å². The largest absolute Gasteiger partial charge is 0.505 e. The fourth-order valence-electron chi connectivity index (χ4n) is 0.627. The van der Waals surface area contributed by atoms with E-state index in [1.165, 1.54) is 6.07 Å². The van der Waals surface area contributed by atoms with Gasteiger partial charge in [-0.15, -0.1) is 0 Å². The van der Waals surface area contributed by atoms with Crippen molar-refractivity contribution in [2.45, 2.75) is 0 Å². The molecule has 0 spiro atoms. The Balaban J connectivity index is 3.27. The summed E-state index contributed by atoms with van der Waals surface area (Å²) in [4.78, 5) is 10.3. The lowest BCUT2D eigenvalue weighted by Gasteiger charge is -1.98. The Morgan fingerprint density at radius 2 is 2.18 bits per heavy atom. The van der Waals surface area contributed by atoms with Crippen LogP contribution in [-0.4, -0.2) is 16.2 Å². The Morgan fingerprint density at radius 3 is 2.64 bits per heavy atom. The molecular formula is C7H4ClO3. The SMILES string of the molecule is O=C(O)c1c[c]cc(Cl)c1O. The molecule has 1 aromatic rings. The summed E-state index contributed by atoms with van der Waals surface area (Å²) in [5, 5.41) is 17.5. The Hall–Kier alpha value is -1.22. The van der Waals surface area contributed by atoms with E-state index in [1.54, 1.807) is 0 Å². The molecule has 2 N–H and O–H groups in total. The Labute approximate surface area is 67.8 Å². The van der Waals surface area contributed by atoms with Crippen LogP contribution in [0.15, 0.2) is 12.1 Å². The predicted octanol–water partition coefficient (Wildman–Crippen LogP) is 1.54. The van der Waals surface area contributed by atoms with Crippen molar-refractivity contribution in [2.24, 2.45) is 0 Å². The van der Waals surface area contributed by atoms with Gasteiger partial charge in [-0.25, -0.2) is 4.79 Å². The number of benzene rings is 1. The van der Waals surface area contributed by atoms with E-state index in [2.05, 4.69) is 6.07 Å². The number of hydrogen-bond acceptors (Lipinski definition) is 2. The van der Waals surface area contributed by atoms with Gasteiger partial charge in [0.05, 0.1) is 5.02 Å². The predicted molar refractivity (Wildman–Crippen MR) is 38.9 cm³/mol. The van der Waals surface area contributed by atoms with Gasteiger partial charge < -0.3 is 10.2 Å². The van der Waals surface area contributed by atoms with Crippen LogP contribution in [0.4, 0.5) is 0 Å². The van der Waals surface area contributed by atoms with E-state index in [1.807, 2.05) is 0 Å². The molecule has 4 heteroatoms. The zero-order chi connectivity index (χ0) is 8.43. The minimum absolute atomic E-state index is 0.00935. The molecule has 0 aromatic heterocycles. The first kappa shape index (κ1) is 7.88. The average molecular weight is 172 g/mol. The van der Waals surface area contributed by atoms with Crippen molar-refractivity contribution in [3.63, 3.8) is 0 Å². The van der Waals surface area contributed by atoms with Crippen molar-refractivity contribution < 1.29 is 15.0 Å². The van der Waals surface area contributed by atoms with Crippen molar-refractivity contribution in [3.8, 4) is 5.75 Å². The first-order valence-electron chi connectivity index (χ1n) is 2.75. The minimum atomic E-state index is -1.22. The third-order valence-electron chi connectivity index (χ3n) is 1.15. The Kier molecular flexibility index (Phi) is 2.01. The second-order valence-corrected chi connectivity index (χ2v) is 2.28. The van der Waals surface area contributed by atoms with E-state index in [-0.39, 0.29) is 10.6 Å². The zero-order valence-corrected chi connectivity index (χ0v) is 6.09. The molecule has 0 aliphatic heterocycles. The highest BCUT2D eigenvalue weighted by atomic mass is 35.5. The molecule has 0 bridgehead atoms. The van der Waals surface area contributed by atoms with E-state index < -0.39 is 11.7 Å². The summed E-state index contributed by atoms with van der Waals surface area (Å²) in [6, 6.07) is 4.93. The highest BCUT2D eigenvalue weighted by Crippen LogP contribution is 2.26. The third-order valence-corrected chi connectivity index (χ3v) is 1.44. The maximum atomic E-state index is 10.3. The van der Waals surface area contributed by atoms with Gasteiger partial charge in [0.2, 0.25) is 0 Å². The number of halogens is 1. The van der Waals surface area contributed by atoms with Crippen LogP contribution in [0.3, 0.4) is 0 Å². The van der Waals surface area contributed by atoms with Gasteiger partial charge in [0, 0.05) is 0 Å². The van der Waals surface area contributed by atoms with Gasteiger partial charge in [-0.1, -0.05) is 11.6 Å². The molecule has 0 fully saturated rings. The van der Waals surface area contributed by atoms with Crippen LogP contribution in [0.25, 0.3) is 0 Å². The van der Waals surface area contributed by atoms with Crippen LogP contribution in [0.5, 0.6) is 5.75 Å². The number of carboxylic acids is 1. The Bertz CT molecular complexity index is 296. The van der Waals surface area contributed by atoms with Crippen LogP contribution in [-0.2, 0) is 0 Å². The number of aromatic carboxylic acids is 1. The molecule has 1 aromatic carbocycles. The molecule has 0 amide bonds. The van der Waals surface area contributed by atoms with Gasteiger partial charge in [-0.2, -0.15) is 0 Å². The molecule has 1 radical (unpaired) electrons. The molecule has 3 nitrogen and oxygen atoms in total. The summed E-state index contributed by atoms with van der Waals surface area (Å²) in [5.74, 6) is -1.64. The summed E-state index contributed by atoms with van der Waals surface area (Å²) in [6.07, 6.45) is 0. The standard InChI is InChI=1S/C7H4ClO3/c8-5-3-1-2-4(6(5)9)7(10)11/h2-3,9H,(H,10,11). The second kappa shape index (κ2) is 2.80. The van der Waals surface area contributed by atoms with Gasteiger partial charge in [0.15, 0.2) is 0 Å². The molecule has 0 atom stereocenters. The number of aromatic hydroxyl groups is 1. The molecule has 57 valence electrons. The van der Waals surface area contributed by atoms with E-state index in [9.17, 15) is 4.79 Å². The van der Waals surface area contributed by atoms with Crippen molar-refractivity contribution in [2.75, 3.05) is 0 Å². The number of carboxylic acid groups (broad SMARTS) is 1. The van der Waals surface area contributed by atoms with E-state index >= 15 is 0 Å². The summed E-state index contributed by atoms with van der Waals surface area (Å²) < 4.78 is 0. The first-order valence-corrected chi connectivity index (χ1v) is 3.12. The maximum Gasteiger partial charge on any atom is 0.339 e. The molecule has 0 saturated carbocycles. The number of carbonyl (C=O) groups is 1. The fraction of sp³-hybridized carbons (Fsp3) is 0. The fourth-order valence-corrected chi connectivity index (χ4v) is 0.791. The third kappa shape index (κ3) is 1.43. The molecule has 11 heavy (non-hydrogen) atoms. The number of hydrogen-bond donors (Lipinski definition) is 2. The van der Waals surface area contributed by atoms with Crippen LogP contribution >= 0.6 is 11.6 Å². The lowest BCUT2D eigenvalue weighted by Crippen LogP contribution is -1.96. The van der Waals surface area contributed by atoms with Crippen LogP contribution in [0.2, 0.25) is 5.02 Å². The minimum Gasteiger partial charge on any atom is -0.505 e. The molecule has 1 rings (SSSR count). The number of phenols is 1. The second-order valence-electron chi connectivity index (χ2n) is 1.87. The van der Waals surface area contributed by atoms with Gasteiger partial charge in [0.1, 0.15) is 11.3 Å². The van der Waals surface area contributed by atoms with Gasteiger partial charge in [0.25, 0.3) is 0 Å². The molecular weight excluding hydrogens is 168 g/mol. The van der Waals surface area contributed by atoms with Gasteiger partial charge >= 0.3 is 5.97 Å². The molecule has 0 heterocycles. The summed E-state index contributed by atoms with van der Waals surface area (Å²) in [6.45, 7) is 0. The molecule has 0 unspecified atom stereocenters. The quantitative estimate of drug-likeness (QED) is 0.674. The van der Waals surface area contributed by atoms with Crippen molar-refractivity contribution >= 4 is 17.6 Å². The zero-order valence-electron chi connectivity index (χ0n) is 5.34. The van der Waals surface area contributed by atoms with Crippen LogP contribution in [0.1, 0.15) is 10.4 Å². The van der Waals surface area contributed by atoms with Crippen molar-refractivity contribution in [1.82, 2.24) is 0 Å². The smallest absolute Gasteiger partial charge is 0.339 e. The van der Waals surface area contributed by atoms with E-state index in [0.29, 0.717) is 0 Å². The summed E-state index contributed by atoms with van der Waals surface area (Å²) >= 11 is 5.41. The molecule has 0 aliphatic rings. The topological polar surface area (TPSA) is 57.5 Å². The highest BCUT2D eigenvalue weighted by molar-refractivity contribution is 6.32. The first-order chi connectivity index (χ1) is 5.13. The monoisotopic (exact) mass is 171 g/mol. The average Bonchev–Trinajstić information content (AvgIpc) is 1.94. The highest BCUT2D eigenvalue weighted by Gasteiger charge is 2.10. The van der Waals surface area contributed by atoms with Gasteiger partial charge in [-0.05, 0) is 18.2 Å². The van der Waals surface area contributed by atoms with E-state index in [4.69, 9.17) is 21.8 Å². The van der Waals surface area contributed by atoms with Crippen LogP contribution < -0.4 is 0 Å². The maximum absolute atomic E-state index is 10.3. The normalized spacial score (nSPS) is 9.55. The van der Waals surface area contributed by atoms with Crippen molar-refractivity contribution in [1.29, 1.82) is 0 Å². The molecule has 0 aliphatic carbocycles. The summed E-state index contributed by atoms with van der Waals surface area (Å²) in [5.41, 5.74) is -0.238. The number of rotatable bonds is 1. The Morgan fingerprint density at radius 1 is 1.55 bits per heavy atom.